The number of hydrogen-bond acceptors (Lipinski definition) is 6. The summed E-state index contributed by atoms with van der Waals surface area (Å²) in [5.41, 5.74) is 2.50. The van der Waals surface area contributed by atoms with Gasteiger partial charge in [0.05, 0.1) is 18.6 Å². The van der Waals surface area contributed by atoms with E-state index in [9.17, 15) is 9.59 Å². The fraction of sp³-hybridized carbons (Fsp3) is 0.312. The zero-order chi connectivity index (χ0) is 16.9. The van der Waals surface area contributed by atoms with Crippen molar-refractivity contribution in [1.82, 2.24) is 15.3 Å². The Labute approximate surface area is 147 Å². The van der Waals surface area contributed by atoms with E-state index >= 15 is 0 Å². The molecule has 0 atom stereocenters. The lowest BCUT2D eigenvalue weighted by atomic mass is 10.2. The van der Waals surface area contributed by atoms with Crippen LogP contribution in [0.1, 0.15) is 16.8 Å². The largest absolute Gasteiger partial charge is 0.497 e. The first-order valence-electron chi connectivity index (χ1n) is 7.38. The molecule has 6 nitrogen and oxygen atoms in total. The van der Waals surface area contributed by atoms with Crippen molar-refractivity contribution in [3.05, 3.63) is 51.4 Å². The molecule has 1 aliphatic rings. The highest BCUT2D eigenvalue weighted by atomic mass is 32.2. The van der Waals surface area contributed by atoms with Crippen molar-refractivity contribution in [2.24, 2.45) is 0 Å². The second kappa shape index (κ2) is 7.76. The third-order valence-corrected chi connectivity index (χ3v) is 5.40. The average molecular weight is 363 g/mol. The number of H-pyrrole nitrogens is 1. The average Bonchev–Trinajstić information content (AvgIpc) is 3.08. The van der Waals surface area contributed by atoms with E-state index < -0.39 is 0 Å². The van der Waals surface area contributed by atoms with Crippen molar-refractivity contribution >= 4 is 29.4 Å². The van der Waals surface area contributed by atoms with Crippen LogP contribution in [0, 0.1) is 0 Å². The molecule has 0 unspecified atom stereocenters. The number of nitrogens with zero attached hydrogens (tertiary/aromatic N) is 1. The number of fused-ring (bicyclic) bond motifs is 1. The minimum Gasteiger partial charge on any atom is -0.497 e. The molecular weight excluding hydrogens is 346 g/mol. The standard InChI is InChI=1S/C16H17N3O3S2/c1-22-11-4-2-10(3-5-11)6-17-14(20)9-24-16-18-13-8-23-7-12(13)15(21)19-16/h2-5H,6-9H2,1H3,(H,17,20)(H,18,19,21). The Hall–Kier alpha value is -1.93. The van der Waals surface area contributed by atoms with E-state index in [-0.39, 0.29) is 17.2 Å². The number of aromatic nitrogens is 2. The number of nitrogens with one attached hydrogen (secondary N) is 2. The Morgan fingerprint density at radius 3 is 2.92 bits per heavy atom. The van der Waals surface area contributed by atoms with Crippen LogP contribution in [0.5, 0.6) is 5.75 Å². The van der Waals surface area contributed by atoms with E-state index in [1.807, 2.05) is 24.3 Å². The Morgan fingerprint density at radius 2 is 2.17 bits per heavy atom. The molecule has 1 aromatic heterocycles. The van der Waals surface area contributed by atoms with E-state index in [0.29, 0.717) is 17.5 Å². The maximum absolute atomic E-state index is 12.0. The molecule has 24 heavy (non-hydrogen) atoms. The number of benzene rings is 1. The summed E-state index contributed by atoms with van der Waals surface area (Å²) in [7, 11) is 1.62. The van der Waals surface area contributed by atoms with Gasteiger partial charge in [-0.3, -0.25) is 9.59 Å². The zero-order valence-electron chi connectivity index (χ0n) is 13.1. The summed E-state index contributed by atoms with van der Waals surface area (Å²) >= 11 is 2.92. The Bertz CT molecular complexity index is 790. The molecule has 0 saturated carbocycles. The van der Waals surface area contributed by atoms with Gasteiger partial charge in [-0.05, 0) is 17.7 Å². The van der Waals surface area contributed by atoms with Crippen molar-refractivity contribution in [3.63, 3.8) is 0 Å². The van der Waals surface area contributed by atoms with Crippen molar-refractivity contribution in [2.75, 3.05) is 12.9 Å². The Kier molecular flexibility index (Phi) is 5.47. The van der Waals surface area contributed by atoms with Gasteiger partial charge in [-0.15, -0.1) is 0 Å². The summed E-state index contributed by atoms with van der Waals surface area (Å²) < 4.78 is 5.10. The molecule has 1 aromatic carbocycles. The molecule has 2 N–H and O–H groups in total. The predicted octanol–water partition coefficient (Wildman–Crippen LogP) is 1.93. The minimum absolute atomic E-state index is 0.0915. The number of rotatable bonds is 6. The van der Waals surface area contributed by atoms with E-state index in [2.05, 4.69) is 15.3 Å². The SMILES string of the molecule is COc1ccc(CNC(=O)CSc2nc3c(c(=O)[nH]2)CSC3)cc1. The fourth-order valence-corrected chi connectivity index (χ4v) is 3.98. The van der Waals surface area contributed by atoms with Crippen molar-refractivity contribution in [2.45, 2.75) is 23.2 Å². The van der Waals surface area contributed by atoms with Crippen LogP contribution in [0.4, 0.5) is 0 Å². The van der Waals surface area contributed by atoms with E-state index in [1.54, 1.807) is 18.9 Å². The van der Waals surface area contributed by atoms with Gasteiger partial charge in [-0.1, -0.05) is 23.9 Å². The normalized spacial score (nSPS) is 12.7. The smallest absolute Gasteiger partial charge is 0.255 e. The van der Waals surface area contributed by atoms with E-state index in [4.69, 9.17) is 4.74 Å². The second-order valence-electron chi connectivity index (χ2n) is 5.20. The van der Waals surface area contributed by atoms with Crippen LogP contribution in [0.25, 0.3) is 0 Å². The minimum atomic E-state index is -0.103. The van der Waals surface area contributed by atoms with Crippen molar-refractivity contribution in [3.8, 4) is 5.75 Å². The van der Waals surface area contributed by atoms with Gasteiger partial charge in [0.1, 0.15) is 5.75 Å². The molecule has 0 fully saturated rings. The number of amides is 1. The summed E-state index contributed by atoms with van der Waals surface area (Å²) in [5.74, 6) is 2.37. The van der Waals surface area contributed by atoms with Crippen molar-refractivity contribution in [1.29, 1.82) is 0 Å². The van der Waals surface area contributed by atoms with Gasteiger partial charge in [-0.25, -0.2) is 4.98 Å². The highest BCUT2D eigenvalue weighted by Crippen LogP contribution is 2.26. The second-order valence-corrected chi connectivity index (χ2v) is 7.15. The number of aromatic amines is 1. The van der Waals surface area contributed by atoms with Crippen LogP contribution >= 0.6 is 23.5 Å². The van der Waals surface area contributed by atoms with Gasteiger partial charge in [0.25, 0.3) is 5.56 Å². The van der Waals surface area contributed by atoms with Gasteiger partial charge in [0, 0.05) is 23.6 Å². The van der Waals surface area contributed by atoms with Gasteiger partial charge in [0.15, 0.2) is 5.16 Å². The Balaban J connectivity index is 1.50. The number of carbonyl (C=O) groups excluding carboxylic acids is 1. The first-order chi connectivity index (χ1) is 11.7. The molecule has 1 amide bonds. The third kappa shape index (κ3) is 4.12. The molecule has 2 aromatic rings. The van der Waals surface area contributed by atoms with Gasteiger partial charge in [0.2, 0.25) is 5.91 Å². The number of thioether (sulfide) groups is 2. The van der Waals surface area contributed by atoms with Gasteiger partial charge >= 0.3 is 0 Å². The summed E-state index contributed by atoms with van der Waals surface area (Å²) in [6.07, 6.45) is 0. The molecule has 126 valence electrons. The van der Waals surface area contributed by atoms with Crippen LogP contribution < -0.4 is 15.6 Å². The number of hydrogen-bond donors (Lipinski definition) is 2. The summed E-state index contributed by atoms with van der Waals surface area (Å²) in [4.78, 5) is 31.0. The van der Waals surface area contributed by atoms with Crippen LogP contribution in [-0.4, -0.2) is 28.7 Å². The molecule has 0 aliphatic carbocycles. The van der Waals surface area contributed by atoms with Crippen molar-refractivity contribution < 1.29 is 9.53 Å². The highest BCUT2D eigenvalue weighted by Gasteiger charge is 2.18. The number of carbonyl (C=O) groups is 1. The highest BCUT2D eigenvalue weighted by molar-refractivity contribution is 7.99. The lowest BCUT2D eigenvalue weighted by Gasteiger charge is -2.06. The summed E-state index contributed by atoms with van der Waals surface area (Å²) in [6, 6.07) is 7.52. The first-order valence-corrected chi connectivity index (χ1v) is 9.52. The monoisotopic (exact) mass is 363 g/mol. The maximum atomic E-state index is 12.0. The Morgan fingerprint density at radius 1 is 1.38 bits per heavy atom. The molecule has 2 heterocycles. The van der Waals surface area contributed by atoms with Crippen LogP contribution in [-0.2, 0) is 22.8 Å². The molecule has 1 aliphatic heterocycles. The first kappa shape index (κ1) is 16.9. The molecule has 0 saturated heterocycles. The van der Waals surface area contributed by atoms with E-state index in [1.165, 1.54) is 11.8 Å². The number of ether oxygens (including phenoxy) is 1. The lowest BCUT2D eigenvalue weighted by molar-refractivity contribution is -0.118. The third-order valence-electron chi connectivity index (χ3n) is 3.55. The molecule has 0 spiro atoms. The van der Waals surface area contributed by atoms with Gasteiger partial charge in [-0.2, -0.15) is 11.8 Å². The molecule has 0 radical (unpaired) electrons. The quantitative estimate of drug-likeness (QED) is 0.603. The van der Waals surface area contributed by atoms with Crippen LogP contribution in [0.2, 0.25) is 0 Å². The summed E-state index contributed by atoms with van der Waals surface area (Å²) in [5, 5.41) is 3.35. The lowest BCUT2D eigenvalue weighted by Crippen LogP contribution is -2.25. The maximum Gasteiger partial charge on any atom is 0.255 e. The van der Waals surface area contributed by atoms with Crippen LogP contribution in [0.15, 0.2) is 34.2 Å². The summed E-state index contributed by atoms with van der Waals surface area (Å²) in [6.45, 7) is 0.453. The fourth-order valence-electron chi connectivity index (χ4n) is 2.24. The number of methoxy groups -OCH3 is 1. The molecular formula is C16H17N3O3S2. The topological polar surface area (TPSA) is 84.1 Å². The molecule has 0 bridgehead atoms. The zero-order valence-corrected chi connectivity index (χ0v) is 14.8. The molecule has 3 rings (SSSR count). The molecule has 8 heteroatoms. The van der Waals surface area contributed by atoms with Gasteiger partial charge < -0.3 is 15.0 Å². The van der Waals surface area contributed by atoms with E-state index in [0.717, 1.165) is 28.3 Å². The van der Waals surface area contributed by atoms with Crippen LogP contribution in [0.3, 0.4) is 0 Å². The predicted molar refractivity (Wildman–Crippen MR) is 95.4 cm³/mol.